The van der Waals surface area contributed by atoms with E-state index in [0.29, 0.717) is 5.56 Å². The number of nitrogens with one attached hydrogen (secondary N) is 1. The molecule has 0 saturated carbocycles. The number of hydrogen-bond acceptors (Lipinski definition) is 3. The molecule has 0 aliphatic heterocycles. The first kappa shape index (κ1) is 16.4. The van der Waals surface area contributed by atoms with Crippen LogP contribution in [0.4, 0.5) is 13.2 Å². The van der Waals surface area contributed by atoms with Crippen LogP contribution in [0.2, 0.25) is 0 Å². The Balaban J connectivity index is 2.93. The third-order valence-corrected chi connectivity index (χ3v) is 3.91. The zero-order chi connectivity index (χ0) is 15.6. The number of carboxylic acid groups (broad SMARTS) is 1. The molecule has 0 unspecified atom stereocenters. The van der Waals surface area contributed by atoms with E-state index >= 15 is 0 Å². The summed E-state index contributed by atoms with van der Waals surface area (Å²) >= 11 is 0. The number of aromatic carboxylic acids is 1. The second-order valence-electron chi connectivity index (χ2n) is 4.04. The van der Waals surface area contributed by atoms with Gasteiger partial charge in [0.1, 0.15) is 0 Å². The van der Waals surface area contributed by atoms with Gasteiger partial charge in [-0.15, -0.1) is 0 Å². The molecule has 1 aromatic rings. The van der Waals surface area contributed by atoms with E-state index in [1.54, 1.807) is 4.72 Å². The van der Waals surface area contributed by atoms with Crippen molar-refractivity contribution in [1.82, 2.24) is 4.72 Å². The maximum absolute atomic E-state index is 11.9. The van der Waals surface area contributed by atoms with Gasteiger partial charge in [-0.1, -0.05) is 6.07 Å². The zero-order valence-electron chi connectivity index (χ0n) is 10.4. The van der Waals surface area contributed by atoms with Crippen molar-refractivity contribution in [2.24, 2.45) is 0 Å². The highest BCUT2D eigenvalue weighted by Gasteiger charge is 2.27. The highest BCUT2D eigenvalue weighted by molar-refractivity contribution is 7.89. The molecule has 0 heterocycles. The Kier molecular flexibility index (Phi) is 4.77. The first-order valence-corrected chi connectivity index (χ1v) is 6.91. The molecule has 5 nitrogen and oxygen atoms in total. The minimum atomic E-state index is -4.47. The summed E-state index contributed by atoms with van der Waals surface area (Å²) in [4.78, 5) is 10.5. The van der Waals surface area contributed by atoms with Gasteiger partial charge in [-0.25, -0.2) is 17.9 Å². The minimum absolute atomic E-state index is 0.219. The van der Waals surface area contributed by atoms with E-state index in [1.807, 2.05) is 0 Å². The Labute approximate surface area is 113 Å². The molecule has 112 valence electrons. The van der Waals surface area contributed by atoms with E-state index in [1.165, 1.54) is 13.0 Å². The Hall–Kier alpha value is -1.61. The molecule has 0 aliphatic carbocycles. The van der Waals surface area contributed by atoms with Gasteiger partial charge in [-0.3, -0.25) is 0 Å². The molecule has 0 fully saturated rings. The van der Waals surface area contributed by atoms with Crippen LogP contribution >= 0.6 is 0 Å². The van der Waals surface area contributed by atoms with Gasteiger partial charge in [-0.05, 0) is 24.6 Å². The summed E-state index contributed by atoms with van der Waals surface area (Å²) < 4.78 is 61.1. The topological polar surface area (TPSA) is 83.5 Å². The number of alkyl halides is 3. The Morgan fingerprint density at radius 2 is 1.95 bits per heavy atom. The van der Waals surface area contributed by atoms with Crippen LogP contribution in [0.15, 0.2) is 23.1 Å². The maximum atomic E-state index is 11.9. The van der Waals surface area contributed by atoms with Crippen LogP contribution in [0.25, 0.3) is 0 Å². The third-order valence-electron chi connectivity index (χ3n) is 2.45. The van der Waals surface area contributed by atoms with Crippen LogP contribution < -0.4 is 4.72 Å². The molecule has 9 heteroatoms. The fourth-order valence-corrected chi connectivity index (χ4v) is 2.47. The van der Waals surface area contributed by atoms with E-state index in [4.69, 9.17) is 5.11 Å². The van der Waals surface area contributed by atoms with Crippen LogP contribution in [-0.2, 0) is 10.0 Å². The number of sulfonamides is 1. The quantitative estimate of drug-likeness (QED) is 0.870. The van der Waals surface area contributed by atoms with Crippen LogP contribution in [-0.4, -0.2) is 32.2 Å². The normalized spacial score (nSPS) is 12.4. The molecule has 20 heavy (non-hydrogen) atoms. The molecule has 0 atom stereocenters. The van der Waals surface area contributed by atoms with Crippen LogP contribution in [0, 0.1) is 6.92 Å². The molecular weight excluding hydrogens is 299 g/mol. The first-order chi connectivity index (χ1) is 9.03. The average Bonchev–Trinajstić information content (AvgIpc) is 2.26. The summed E-state index contributed by atoms with van der Waals surface area (Å²) in [7, 11) is -4.17. The van der Waals surface area contributed by atoms with Crippen LogP contribution in [0.3, 0.4) is 0 Å². The van der Waals surface area contributed by atoms with E-state index in [9.17, 15) is 26.4 Å². The molecule has 0 spiro atoms. The number of halogens is 3. The Morgan fingerprint density at radius 3 is 2.45 bits per heavy atom. The van der Waals surface area contributed by atoms with Gasteiger partial charge < -0.3 is 5.11 Å². The predicted octanol–water partition coefficient (Wildman–Crippen LogP) is 1.92. The van der Waals surface area contributed by atoms with Gasteiger partial charge in [-0.2, -0.15) is 13.2 Å². The van der Waals surface area contributed by atoms with Crippen molar-refractivity contribution >= 4 is 16.0 Å². The lowest BCUT2D eigenvalue weighted by Crippen LogP contribution is -2.28. The molecule has 1 rings (SSSR count). The number of benzene rings is 1. The summed E-state index contributed by atoms with van der Waals surface area (Å²) in [5, 5.41) is 8.87. The van der Waals surface area contributed by atoms with Crippen molar-refractivity contribution in [3.8, 4) is 0 Å². The summed E-state index contributed by atoms with van der Waals surface area (Å²) in [6.07, 6.45) is -5.77. The predicted molar refractivity (Wildman–Crippen MR) is 64.0 cm³/mol. The third kappa shape index (κ3) is 4.49. The summed E-state index contributed by atoms with van der Waals surface area (Å²) in [5.74, 6) is -1.31. The van der Waals surface area contributed by atoms with Crippen molar-refractivity contribution in [2.75, 3.05) is 6.54 Å². The SMILES string of the molecule is Cc1ccc(S(=O)(=O)NCCC(F)(F)F)cc1C(=O)O. The monoisotopic (exact) mass is 311 g/mol. The largest absolute Gasteiger partial charge is 0.478 e. The standard InChI is InChI=1S/C11H12F3NO4S/c1-7-2-3-8(6-9(7)10(16)17)20(18,19)15-5-4-11(12,13)14/h2-3,6,15H,4-5H2,1H3,(H,16,17). The molecule has 0 amide bonds. The fourth-order valence-electron chi connectivity index (χ4n) is 1.41. The number of carboxylic acids is 1. The number of hydrogen-bond donors (Lipinski definition) is 2. The fraction of sp³-hybridized carbons (Fsp3) is 0.364. The molecular formula is C11H12F3NO4S. The molecule has 0 bridgehead atoms. The van der Waals surface area contributed by atoms with Gasteiger partial charge >= 0.3 is 12.1 Å². The minimum Gasteiger partial charge on any atom is -0.478 e. The molecule has 0 aromatic heterocycles. The highest BCUT2D eigenvalue weighted by Crippen LogP contribution is 2.19. The van der Waals surface area contributed by atoms with Crippen LogP contribution in [0.5, 0.6) is 0 Å². The lowest BCUT2D eigenvalue weighted by atomic mass is 10.1. The molecule has 0 radical (unpaired) electrons. The van der Waals surface area contributed by atoms with E-state index in [0.717, 1.165) is 12.1 Å². The number of rotatable bonds is 5. The lowest BCUT2D eigenvalue weighted by molar-refractivity contribution is -0.132. The smallest absolute Gasteiger partial charge is 0.390 e. The summed E-state index contributed by atoms with van der Waals surface area (Å²) in [5.41, 5.74) is 0.135. The summed E-state index contributed by atoms with van der Waals surface area (Å²) in [6.45, 7) is 0.680. The van der Waals surface area contributed by atoms with Crippen molar-refractivity contribution in [3.63, 3.8) is 0 Å². The highest BCUT2D eigenvalue weighted by atomic mass is 32.2. The lowest BCUT2D eigenvalue weighted by Gasteiger charge is -2.10. The first-order valence-electron chi connectivity index (χ1n) is 5.43. The zero-order valence-corrected chi connectivity index (χ0v) is 11.2. The summed E-state index contributed by atoms with van der Waals surface area (Å²) in [6, 6.07) is 3.33. The Morgan fingerprint density at radius 1 is 1.35 bits per heavy atom. The maximum Gasteiger partial charge on any atom is 0.390 e. The van der Waals surface area contributed by atoms with Gasteiger partial charge in [0.15, 0.2) is 0 Å². The molecule has 1 aromatic carbocycles. The molecule has 0 saturated heterocycles. The van der Waals surface area contributed by atoms with Crippen LogP contribution in [0.1, 0.15) is 22.3 Å². The van der Waals surface area contributed by atoms with Crippen molar-refractivity contribution < 1.29 is 31.5 Å². The molecule has 2 N–H and O–H groups in total. The number of aryl methyl sites for hydroxylation is 1. The Bertz CT molecular complexity index is 611. The van der Waals surface area contributed by atoms with Crippen molar-refractivity contribution in [1.29, 1.82) is 0 Å². The van der Waals surface area contributed by atoms with Gasteiger partial charge in [0, 0.05) is 6.54 Å². The van der Waals surface area contributed by atoms with E-state index in [-0.39, 0.29) is 10.5 Å². The second kappa shape index (κ2) is 5.80. The van der Waals surface area contributed by atoms with Crippen molar-refractivity contribution in [2.45, 2.75) is 24.4 Å². The number of carbonyl (C=O) groups is 1. The van der Waals surface area contributed by atoms with E-state index < -0.39 is 35.1 Å². The molecule has 0 aliphatic rings. The second-order valence-corrected chi connectivity index (χ2v) is 5.81. The van der Waals surface area contributed by atoms with Gasteiger partial charge in [0.05, 0.1) is 16.9 Å². The van der Waals surface area contributed by atoms with Gasteiger partial charge in [0.25, 0.3) is 0 Å². The van der Waals surface area contributed by atoms with E-state index in [2.05, 4.69) is 0 Å². The van der Waals surface area contributed by atoms with Crippen molar-refractivity contribution in [3.05, 3.63) is 29.3 Å². The average molecular weight is 311 g/mol. The van der Waals surface area contributed by atoms with Gasteiger partial charge in [0.2, 0.25) is 10.0 Å².